The first-order valence-corrected chi connectivity index (χ1v) is 7.17. The molecule has 2 nitrogen and oxygen atoms in total. The Morgan fingerprint density at radius 2 is 1.88 bits per heavy atom. The van der Waals surface area contributed by atoms with Crippen molar-refractivity contribution in [3.8, 4) is 5.75 Å². The summed E-state index contributed by atoms with van der Waals surface area (Å²) in [5, 5.41) is 3.72. The van der Waals surface area contributed by atoms with Crippen LogP contribution in [0.5, 0.6) is 5.75 Å². The molecule has 3 heteroatoms. The number of methoxy groups -OCH3 is 1. The Morgan fingerprint density at radius 3 is 2.41 bits per heavy atom. The van der Waals surface area contributed by atoms with Gasteiger partial charge in [-0.1, -0.05) is 0 Å². The fourth-order valence-corrected chi connectivity index (χ4v) is 2.81. The van der Waals surface area contributed by atoms with Gasteiger partial charge in [0, 0.05) is 16.6 Å². The summed E-state index contributed by atoms with van der Waals surface area (Å²) in [5.41, 5.74) is 1.17. The van der Waals surface area contributed by atoms with E-state index >= 15 is 0 Å². The Kier molecular flexibility index (Phi) is 3.03. The summed E-state index contributed by atoms with van der Waals surface area (Å²) in [7, 11) is 1.71. The van der Waals surface area contributed by atoms with Gasteiger partial charge in [0.25, 0.3) is 0 Å². The third kappa shape index (κ3) is 2.59. The molecule has 1 aromatic rings. The standard InChI is InChI=1S/C14H18BrNO/c1-17-11-6-7-12(15)13(8-11)16-14(9-2-3-9)10-4-5-10/h6-10,14,16H,2-5H2,1H3. The highest BCUT2D eigenvalue weighted by Gasteiger charge is 2.41. The van der Waals surface area contributed by atoms with Crippen LogP contribution in [0.15, 0.2) is 22.7 Å². The largest absolute Gasteiger partial charge is 0.497 e. The molecule has 0 atom stereocenters. The summed E-state index contributed by atoms with van der Waals surface area (Å²) in [4.78, 5) is 0. The average molecular weight is 296 g/mol. The molecule has 0 amide bonds. The average Bonchev–Trinajstić information content (AvgIpc) is 3.19. The molecule has 17 heavy (non-hydrogen) atoms. The molecule has 0 radical (unpaired) electrons. The van der Waals surface area contributed by atoms with Gasteiger partial charge < -0.3 is 10.1 Å². The Balaban J connectivity index is 1.77. The van der Waals surface area contributed by atoms with E-state index < -0.39 is 0 Å². The van der Waals surface area contributed by atoms with Crippen LogP contribution < -0.4 is 10.1 Å². The Labute approximate surface area is 111 Å². The van der Waals surface area contributed by atoms with Crippen molar-refractivity contribution < 1.29 is 4.74 Å². The first-order chi connectivity index (χ1) is 8.28. The van der Waals surface area contributed by atoms with Crippen LogP contribution in [-0.2, 0) is 0 Å². The Morgan fingerprint density at radius 1 is 1.24 bits per heavy atom. The minimum atomic E-state index is 0.679. The summed E-state index contributed by atoms with van der Waals surface area (Å²) in [5.74, 6) is 2.72. The van der Waals surface area contributed by atoms with Crippen LogP contribution >= 0.6 is 15.9 Å². The van der Waals surface area contributed by atoms with Gasteiger partial charge in [0.05, 0.1) is 12.8 Å². The van der Waals surface area contributed by atoms with Crippen LogP contribution in [-0.4, -0.2) is 13.2 Å². The molecule has 2 fully saturated rings. The molecule has 0 aliphatic heterocycles. The van der Waals surface area contributed by atoms with Crippen molar-refractivity contribution in [2.45, 2.75) is 31.7 Å². The zero-order valence-electron chi connectivity index (χ0n) is 10.1. The third-order valence-electron chi connectivity index (χ3n) is 3.76. The van der Waals surface area contributed by atoms with Crippen molar-refractivity contribution >= 4 is 21.6 Å². The number of halogens is 1. The number of ether oxygens (including phenoxy) is 1. The number of rotatable bonds is 5. The van der Waals surface area contributed by atoms with E-state index in [2.05, 4.69) is 33.4 Å². The van der Waals surface area contributed by atoms with E-state index in [-0.39, 0.29) is 0 Å². The summed E-state index contributed by atoms with van der Waals surface area (Å²) < 4.78 is 6.41. The zero-order chi connectivity index (χ0) is 11.8. The lowest BCUT2D eigenvalue weighted by Crippen LogP contribution is -2.24. The van der Waals surface area contributed by atoms with E-state index in [1.165, 1.54) is 31.4 Å². The predicted molar refractivity (Wildman–Crippen MR) is 73.6 cm³/mol. The van der Waals surface area contributed by atoms with Crippen LogP contribution in [0.2, 0.25) is 0 Å². The van der Waals surface area contributed by atoms with Crippen molar-refractivity contribution in [2.75, 3.05) is 12.4 Å². The molecule has 0 heterocycles. The molecular formula is C14H18BrNO. The van der Waals surface area contributed by atoms with Crippen molar-refractivity contribution in [3.05, 3.63) is 22.7 Å². The lowest BCUT2D eigenvalue weighted by molar-refractivity contribution is 0.415. The van der Waals surface area contributed by atoms with Gasteiger partial charge in [0.1, 0.15) is 5.75 Å². The van der Waals surface area contributed by atoms with E-state index in [0.717, 1.165) is 22.1 Å². The second-order valence-corrected chi connectivity index (χ2v) is 6.05. The van der Waals surface area contributed by atoms with E-state index in [4.69, 9.17) is 4.74 Å². The van der Waals surface area contributed by atoms with Crippen molar-refractivity contribution in [3.63, 3.8) is 0 Å². The summed E-state index contributed by atoms with van der Waals surface area (Å²) in [6.45, 7) is 0. The molecule has 0 spiro atoms. The van der Waals surface area contributed by atoms with Gasteiger partial charge in [-0.25, -0.2) is 0 Å². The molecule has 0 unspecified atom stereocenters. The minimum Gasteiger partial charge on any atom is -0.497 e. The molecule has 1 aromatic carbocycles. The van der Waals surface area contributed by atoms with E-state index in [9.17, 15) is 0 Å². The summed E-state index contributed by atoms with van der Waals surface area (Å²) in [6.07, 6.45) is 5.59. The van der Waals surface area contributed by atoms with Crippen LogP contribution in [0.1, 0.15) is 25.7 Å². The van der Waals surface area contributed by atoms with Crippen molar-refractivity contribution in [1.29, 1.82) is 0 Å². The highest BCUT2D eigenvalue weighted by molar-refractivity contribution is 9.10. The number of hydrogen-bond acceptors (Lipinski definition) is 2. The summed E-state index contributed by atoms with van der Waals surface area (Å²) in [6, 6.07) is 6.80. The Bertz CT molecular complexity index is 401. The second-order valence-electron chi connectivity index (χ2n) is 5.19. The molecule has 2 saturated carbocycles. The quantitative estimate of drug-likeness (QED) is 0.884. The predicted octanol–water partition coefficient (Wildman–Crippen LogP) is 4.06. The molecule has 1 N–H and O–H groups in total. The molecule has 2 aliphatic rings. The highest BCUT2D eigenvalue weighted by Crippen LogP contribution is 2.46. The van der Waals surface area contributed by atoms with Gasteiger partial charge >= 0.3 is 0 Å². The topological polar surface area (TPSA) is 21.3 Å². The molecule has 0 saturated heterocycles. The zero-order valence-corrected chi connectivity index (χ0v) is 11.7. The van der Waals surface area contributed by atoms with Gasteiger partial charge in [-0.3, -0.25) is 0 Å². The highest BCUT2D eigenvalue weighted by atomic mass is 79.9. The normalized spacial score (nSPS) is 19.5. The fourth-order valence-electron chi connectivity index (χ4n) is 2.45. The molecule has 0 bridgehead atoms. The number of anilines is 1. The Hall–Kier alpha value is -0.700. The lowest BCUT2D eigenvalue weighted by atomic mass is 10.1. The fraction of sp³-hybridized carbons (Fsp3) is 0.571. The van der Waals surface area contributed by atoms with Crippen LogP contribution in [0.4, 0.5) is 5.69 Å². The van der Waals surface area contributed by atoms with Crippen LogP contribution in [0.25, 0.3) is 0 Å². The first kappa shape index (κ1) is 11.4. The SMILES string of the molecule is COc1ccc(Br)c(NC(C2CC2)C2CC2)c1. The smallest absolute Gasteiger partial charge is 0.121 e. The summed E-state index contributed by atoms with van der Waals surface area (Å²) >= 11 is 3.61. The molecule has 2 aliphatic carbocycles. The molecular weight excluding hydrogens is 278 g/mol. The lowest BCUT2D eigenvalue weighted by Gasteiger charge is -2.20. The molecule has 92 valence electrons. The maximum Gasteiger partial charge on any atom is 0.121 e. The number of hydrogen-bond donors (Lipinski definition) is 1. The van der Waals surface area contributed by atoms with Gasteiger partial charge in [0.15, 0.2) is 0 Å². The van der Waals surface area contributed by atoms with Crippen LogP contribution in [0, 0.1) is 11.8 Å². The number of benzene rings is 1. The first-order valence-electron chi connectivity index (χ1n) is 6.38. The van der Waals surface area contributed by atoms with Gasteiger partial charge in [0.2, 0.25) is 0 Å². The molecule has 3 rings (SSSR count). The maximum absolute atomic E-state index is 5.28. The monoisotopic (exact) mass is 295 g/mol. The van der Waals surface area contributed by atoms with E-state index in [0.29, 0.717) is 6.04 Å². The van der Waals surface area contributed by atoms with Crippen molar-refractivity contribution in [1.82, 2.24) is 0 Å². The van der Waals surface area contributed by atoms with E-state index in [1.54, 1.807) is 7.11 Å². The minimum absolute atomic E-state index is 0.679. The maximum atomic E-state index is 5.28. The van der Waals surface area contributed by atoms with Gasteiger partial charge in [-0.2, -0.15) is 0 Å². The second kappa shape index (κ2) is 4.52. The van der Waals surface area contributed by atoms with Crippen LogP contribution in [0.3, 0.4) is 0 Å². The number of nitrogens with one attached hydrogen (secondary N) is 1. The third-order valence-corrected chi connectivity index (χ3v) is 4.45. The van der Waals surface area contributed by atoms with Gasteiger partial charge in [-0.15, -0.1) is 0 Å². The van der Waals surface area contributed by atoms with Gasteiger partial charge in [-0.05, 0) is 65.6 Å². The van der Waals surface area contributed by atoms with E-state index in [1.807, 2.05) is 6.07 Å². The van der Waals surface area contributed by atoms with Crippen molar-refractivity contribution in [2.24, 2.45) is 11.8 Å². The molecule has 0 aromatic heterocycles.